The Kier molecular flexibility index (Phi) is 7.07. The second-order valence-corrected chi connectivity index (χ2v) is 4.13. The smallest absolute Gasteiger partial charge is 0.246 e. The Labute approximate surface area is 112 Å². The van der Waals surface area contributed by atoms with E-state index in [1.807, 2.05) is 6.92 Å². The number of hydrogen-bond acceptors (Lipinski definition) is 3. The summed E-state index contributed by atoms with van der Waals surface area (Å²) >= 11 is 0. The van der Waals surface area contributed by atoms with Crippen molar-refractivity contribution in [1.82, 2.24) is 5.32 Å². The maximum Gasteiger partial charge on any atom is 0.246 e. The number of halogens is 1. The first-order valence-electron chi connectivity index (χ1n) is 6.29. The first-order valence-corrected chi connectivity index (χ1v) is 6.29. The van der Waals surface area contributed by atoms with Gasteiger partial charge in [0.15, 0.2) is 0 Å². The molecule has 0 saturated heterocycles. The number of carbonyl (C=O) groups excluding carboxylic acids is 1. The van der Waals surface area contributed by atoms with Crippen molar-refractivity contribution < 1.29 is 18.7 Å². The van der Waals surface area contributed by atoms with Crippen LogP contribution in [0.4, 0.5) is 4.39 Å². The van der Waals surface area contributed by atoms with Crippen molar-refractivity contribution in [3.05, 3.63) is 35.6 Å². The number of ether oxygens (including phenoxy) is 2. The van der Waals surface area contributed by atoms with Gasteiger partial charge in [-0.3, -0.25) is 4.79 Å². The van der Waals surface area contributed by atoms with Crippen LogP contribution in [0.2, 0.25) is 0 Å². The average Bonchev–Trinajstić information content (AvgIpc) is 2.42. The molecule has 0 saturated carbocycles. The Bertz CT molecular complexity index is 381. The van der Waals surface area contributed by atoms with Gasteiger partial charge < -0.3 is 14.8 Å². The van der Waals surface area contributed by atoms with E-state index in [0.29, 0.717) is 13.2 Å². The monoisotopic (exact) mass is 269 g/mol. The molecule has 19 heavy (non-hydrogen) atoms. The Morgan fingerprint density at radius 3 is 2.58 bits per heavy atom. The molecule has 1 rings (SSSR count). The molecule has 0 heterocycles. The number of carbonyl (C=O) groups is 1. The van der Waals surface area contributed by atoms with Crippen molar-refractivity contribution in [3.8, 4) is 0 Å². The average molecular weight is 269 g/mol. The largest absolute Gasteiger partial charge is 0.382 e. The van der Waals surface area contributed by atoms with Gasteiger partial charge >= 0.3 is 0 Å². The molecular weight excluding hydrogens is 249 g/mol. The Balaban J connectivity index is 2.43. The van der Waals surface area contributed by atoms with Gasteiger partial charge in [0, 0.05) is 7.11 Å². The van der Waals surface area contributed by atoms with E-state index >= 15 is 0 Å². The van der Waals surface area contributed by atoms with Crippen LogP contribution in [0, 0.1) is 5.82 Å². The topological polar surface area (TPSA) is 47.6 Å². The number of benzene rings is 1. The summed E-state index contributed by atoms with van der Waals surface area (Å²) in [4.78, 5) is 11.7. The summed E-state index contributed by atoms with van der Waals surface area (Å²) < 4.78 is 22.8. The summed E-state index contributed by atoms with van der Waals surface area (Å²) in [6, 6.07) is 6.00. The minimum Gasteiger partial charge on any atom is -0.382 e. The summed E-state index contributed by atoms with van der Waals surface area (Å²) in [5.74, 6) is -0.472. The zero-order valence-corrected chi connectivity index (χ0v) is 11.3. The summed E-state index contributed by atoms with van der Waals surface area (Å²) in [7, 11) is 1.57. The van der Waals surface area contributed by atoms with Crippen LogP contribution in [-0.2, 0) is 14.3 Å². The third-order valence-corrected chi connectivity index (χ3v) is 2.68. The fourth-order valence-electron chi connectivity index (χ4n) is 1.66. The highest BCUT2D eigenvalue weighted by molar-refractivity contribution is 5.77. The molecule has 1 aromatic carbocycles. The second kappa shape index (κ2) is 8.61. The Morgan fingerprint density at radius 1 is 1.32 bits per heavy atom. The van der Waals surface area contributed by atoms with Crippen molar-refractivity contribution in [1.29, 1.82) is 0 Å². The summed E-state index contributed by atoms with van der Waals surface area (Å²) in [6.07, 6.45) is 0.732. The molecule has 4 nitrogen and oxygen atoms in total. The van der Waals surface area contributed by atoms with Gasteiger partial charge in [-0.1, -0.05) is 19.1 Å². The number of amides is 1. The lowest BCUT2D eigenvalue weighted by molar-refractivity contribution is -0.126. The number of methoxy groups -OCH3 is 1. The zero-order valence-electron chi connectivity index (χ0n) is 11.3. The van der Waals surface area contributed by atoms with E-state index in [-0.39, 0.29) is 24.4 Å². The zero-order chi connectivity index (χ0) is 14.1. The summed E-state index contributed by atoms with van der Waals surface area (Å²) in [6.45, 7) is 2.81. The fraction of sp³-hybridized carbons (Fsp3) is 0.500. The molecule has 1 aromatic rings. The first-order chi connectivity index (χ1) is 9.17. The molecule has 1 amide bonds. The van der Waals surface area contributed by atoms with Crippen molar-refractivity contribution >= 4 is 5.91 Å². The van der Waals surface area contributed by atoms with E-state index in [1.165, 1.54) is 12.1 Å². The molecular formula is C14H20FNO3. The highest BCUT2D eigenvalue weighted by Crippen LogP contribution is 2.16. The molecule has 1 N–H and O–H groups in total. The lowest BCUT2D eigenvalue weighted by atomic mass is 10.0. The van der Waals surface area contributed by atoms with Crippen LogP contribution in [0.15, 0.2) is 24.3 Å². The van der Waals surface area contributed by atoms with Gasteiger partial charge in [0.05, 0.1) is 19.3 Å². The lowest BCUT2D eigenvalue weighted by Gasteiger charge is -2.17. The molecule has 0 unspecified atom stereocenters. The van der Waals surface area contributed by atoms with E-state index in [1.54, 1.807) is 19.2 Å². The van der Waals surface area contributed by atoms with Gasteiger partial charge in [0.1, 0.15) is 12.4 Å². The molecule has 0 aliphatic carbocycles. The molecule has 0 radical (unpaired) electrons. The van der Waals surface area contributed by atoms with Crippen LogP contribution < -0.4 is 5.32 Å². The van der Waals surface area contributed by atoms with Crippen LogP contribution in [0.5, 0.6) is 0 Å². The molecule has 0 fully saturated rings. The fourth-order valence-corrected chi connectivity index (χ4v) is 1.66. The molecule has 0 aromatic heterocycles. The van der Waals surface area contributed by atoms with Crippen LogP contribution in [-0.4, -0.2) is 32.8 Å². The van der Waals surface area contributed by atoms with E-state index in [2.05, 4.69) is 5.32 Å². The van der Waals surface area contributed by atoms with Crippen molar-refractivity contribution in [3.63, 3.8) is 0 Å². The predicted molar refractivity (Wildman–Crippen MR) is 70.3 cm³/mol. The summed E-state index contributed by atoms with van der Waals surface area (Å²) in [5.41, 5.74) is 0.883. The van der Waals surface area contributed by atoms with Gasteiger partial charge in [-0.15, -0.1) is 0 Å². The third kappa shape index (κ3) is 5.81. The maximum absolute atomic E-state index is 12.8. The van der Waals surface area contributed by atoms with Gasteiger partial charge in [-0.05, 0) is 24.1 Å². The number of hydrogen-bond donors (Lipinski definition) is 1. The van der Waals surface area contributed by atoms with Crippen LogP contribution in [0.25, 0.3) is 0 Å². The molecule has 1 atom stereocenters. The Hall–Kier alpha value is -1.46. The van der Waals surface area contributed by atoms with Gasteiger partial charge in [0.2, 0.25) is 5.91 Å². The van der Waals surface area contributed by atoms with Gasteiger partial charge in [-0.25, -0.2) is 4.39 Å². The molecule has 0 aliphatic rings. The third-order valence-electron chi connectivity index (χ3n) is 2.68. The molecule has 106 valence electrons. The highest BCUT2D eigenvalue weighted by Gasteiger charge is 2.12. The lowest BCUT2D eigenvalue weighted by Crippen LogP contribution is -2.31. The SMILES string of the molecule is CC[C@H](NC(=O)COCCOC)c1ccc(F)cc1. The van der Waals surface area contributed by atoms with E-state index in [0.717, 1.165) is 12.0 Å². The first kappa shape index (κ1) is 15.6. The van der Waals surface area contributed by atoms with Gasteiger partial charge in [-0.2, -0.15) is 0 Å². The van der Waals surface area contributed by atoms with E-state index < -0.39 is 0 Å². The van der Waals surface area contributed by atoms with Gasteiger partial charge in [0.25, 0.3) is 0 Å². The van der Waals surface area contributed by atoms with Crippen molar-refractivity contribution in [2.75, 3.05) is 26.9 Å². The quantitative estimate of drug-likeness (QED) is 0.735. The number of nitrogens with one attached hydrogen (secondary N) is 1. The second-order valence-electron chi connectivity index (χ2n) is 4.13. The summed E-state index contributed by atoms with van der Waals surface area (Å²) in [5, 5.41) is 2.85. The molecule has 0 spiro atoms. The normalized spacial score (nSPS) is 12.2. The van der Waals surface area contributed by atoms with Crippen molar-refractivity contribution in [2.45, 2.75) is 19.4 Å². The highest BCUT2D eigenvalue weighted by atomic mass is 19.1. The molecule has 0 aliphatic heterocycles. The molecule has 0 bridgehead atoms. The van der Waals surface area contributed by atoms with Crippen LogP contribution >= 0.6 is 0 Å². The van der Waals surface area contributed by atoms with E-state index in [4.69, 9.17) is 9.47 Å². The van der Waals surface area contributed by atoms with Crippen molar-refractivity contribution in [2.24, 2.45) is 0 Å². The predicted octanol–water partition coefficient (Wildman–Crippen LogP) is 2.06. The minimum absolute atomic E-state index is 0.00105. The Morgan fingerprint density at radius 2 is 2.00 bits per heavy atom. The van der Waals surface area contributed by atoms with E-state index in [9.17, 15) is 9.18 Å². The molecule has 5 heteroatoms. The maximum atomic E-state index is 12.8. The number of rotatable bonds is 8. The van der Waals surface area contributed by atoms with Crippen LogP contribution in [0.1, 0.15) is 24.9 Å². The minimum atomic E-state index is -0.284. The standard InChI is InChI=1S/C14H20FNO3/c1-3-13(11-4-6-12(15)7-5-11)16-14(17)10-19-9-8-18-2/h4-7,13H,3,8-10H2,1-2H3,(H,16,17)/t13-/m0/s1. The van der Waals surface area contributed by atoms with Crippen LogP contribution in [0.3, 0.4) is 0 Å².